The molecule has 8 nitrogen and oxygen atoms in total. The van der Waals surface area contributed by atoms with E-state index in [4.69, 9.17) is 9.47 Å². The molecule has 2 amide bonds. The van der Waals surface area contributed by atoms with E-state index in [1.165, 1.54) is 0 Å². The van der Waals surface area contributed by atoms with Crippen molar-refractivity contribution in [2.24, 2.45) is 11.8 Å². The van der Waals surface area contributed by atoms with Crippen molar-refractivity contribution >= 4 is 17.8 Å². The molecular formula is C28H44N2O6. The fraction of sp³-hybridized carbons (Fsp3) is 0.750. The van der Waals surface area contributed by atoms with Gasteiger partial charge in [0.1, 0.15) is 17.6 Å². The largest absolute Gasteiger partial charge is 0.465 e. The molecule has 1 spiro atoms. The minimum atomic E-state index is -1.06. The Hall–Kier alpha value is -2.19. The molecule has 3 aliphatic rings. The van der Waals surface area contributed by atoms with Crippen LogP contribution in [0.4, 0.5) is 0 Å². The van der Waals surface area contributed by atoms with E-state index in [1.54, 1.807) is 22.0 Å². The number of nitrogens with zero attached hydrogens (tertiary/aromatic N) is 2. The van der Waals surface area contributed by atoms with Crippen molar-refractivity contribution in [2.75, 3.05) is 26.3 Å². The molecule has 3 aliphatic heterocycles. The number of ether oxygens (including phenoxy) is 2. The van der Waals surface area contributed by atoms with E-state index in [9.17, 15) is 19.5 Å². The molecule has 3 unspecified atom stereocenters. The van der Waals surface area contributed by atoms with Crippen molar-refractivity contribution < 1.29 is 29.0 Å². The van der Waals surface area contributed by atoms with Crippen LogP contribution >= 0.6 is 0 Å². The number of rotatable bonds is 15. The van der Waals surface area contributed by atoms with Crippen molar-refractivity contribution in [2.45, 2.75) is 95.4 Å². The molecule has 3 heterocycles. The van der Waals surface area contributed by atoms with Crippen LogP contribution in [0.3, 0.4) is 0 Å². The molecule has 3 saturated heterocycles. The van der Waals surface area contributed by atoms with Crippen molar-refractivity contribution in [3.05, 3.63) is 25.3 Å². The van der Waals surface area contributed by atoms with Gasteiger partial charge in [-0.15, -0.1) is 13.2 Å². The summed E-state index contributed by atoms with van der Waals surface area (Å²) < 4.78 is 12.2. The van der Waals surface area contributed by atoms with E-state index in [0.717, 1.165) is 19.3 Å². The van der Waals surface area contributed by atoms with Crippen LogP contribution in [0.15, 0.2) is 25.3 Å². The van der Waals surface area contributed by atoms with E-state index < -0.39 is 35.0 Å². The number of allylic oxidation sites excluding steroid dienone is 1. The zero-order chi connectivity index (χ0) is 26.5. The maximum Gasteiger partial charge on any atom is 0.312 e. The highest BCUT2D eigenvalue weighted by Gasteiger charge is 2.78. The minimum absolute atomic E-state index is 0.0135. The average molecular weight is 505 g/mol. The lowest BCUT2D eigenvalue weighted by Gasteiger charge is -2.39. The number of likely N-dealkylation sites (tertiary alicyclic amines) is 1. The highest BCUT2D eigenvalue weighted by atomic mass is 16.6. The first-order chi connectivity index (χ1) is 17.2. The second-order valence-corrected chi connectivity index (χ2v) is 10.7. The van der Waals surface area contributed by atoms with Crippen LogP contribution in [-0.4, -0.2) is 82.3 Å². The molecule has 1 N–H and O–H groups in total. The van der Waals surface area contributed by atoms with Crippen LogP contribution in [0.5, 0.6) is 0 Å². The van der Waals surface area contributed by atoms with Gasteiger partial charge in [-0.25, -0.2) is 0 Å². The van der Waals surface area contributed by atoms with Gasteiger partial charge in [0.25, 0.3) is 0 Å². The third kappa shape index (κ3) is 4.99. The lowest BCUT2D eigenvalue weighted by Crippen LogP contribution is -2.58. The van der Waals surface area contributed by atoms with E-state index in [-0.39, 0.29) is 31.1 Å². The Labute approximate surface area is 215 Å². The Morgan fingerprint density at radius 2 is 2.03 bits per heavy atom. The van der Waals surface area contributed by atoms with Crippen LogP contribution in [0, 0.1) is 11.8 Å². The normalized spacial score (nSPS) is 31.3. The summed E-state index contributed by atoms with van der Waals surface area (Å²) in [6.45, 7) is 14.5. The second kappa shape index (κ2) is 11.9. The molecule has 2 bridgehead atoms. The maximum absolute atomic E-state index is 14.2. The zero-order valence-electron chi connectivity index (χ0n) is 22.2. The first kappa shape index (κ1) is 28.4. The van der Waals surface area contributed by atoms with Gasteiger partial charge in [-0.3, -0.25) is 14.4 Å². The maximum atomic E-state index is 14.2. The first-order valence-electron chi connectivity index (χ1n) is 13.5. The number of fused-ring (bicyclic) bond motifs is 1. The van der Waals surface area contributed by atoms with Crippen LogP contribution in [0.1, 0.15) is 72.1 Å². The molecule has 0 aromatic heterocycles. The Bertz CT molecular complexity index is 846. The quantitative estimate of drug-likeness (QED) is 0.209. The third-order valence-electron chi connectivity index (χ3n) is 8.22. The number of aliphatic hydroxyl groups is 1. The number of hydrogen-bond acceptors (Lipinski definition) is 6. The molecule has 3 fully saturated rings. The number of hydrogen-bond donors (Lipinski definition) is 1. The number of aliphatic hydroxyl groups excluding tert-OH is 1. The summed E-state index contributed by atoms with van der Waals surface area (Å²) in [6, 6.07) is -0.835. The molecule has 8 heteroatoms. The van der Waals surface area contributed by atoms with E-state index in [1.807, 2.05) is 13.8 Å². The van der Waals surface area contributed by atoms with Crippen LogP contribution in [-0.2, 0) is 23.9 Å². The Morgan fingerprint density at radius 1 is 1.28 bits per heavy atom. The Morgan fingerprint density at radius 3 is 2.67 bits per heavy atom. The Balaban J connectivity index is 1.97. The van der Waals surface area contributed by atoms with E-state index in [2.05, 4.69) is 20.1 Å². The number of amides is 2. The highest BCUT2D eigenvalue weighted by Crippen LogP contribution is 2.63. The summed E-state index contributed by atoms with van der Waals surface area (Å²) >= 11 is 0. The van der Waals surface area contributed by atoms with Crippen molar-refractivity contribution in [1.82, 2.24) is 9.80 Å². The second-order valence-electron chi connectivity index (χ2n) is 10.7. The molecule has 0 saturated carbocycles. The molecule has 0 aliphatic carbocycles. The predicted molar refractivity (Wildman–Crippen MR) is 137 cm³/mol. The third-order valence-corrected chi connectivity index (χ3v) is 8.22. The van der Waals surface area contributed by atoms with Crippen molar-refractivity contribution in [3.63, 3.8) is 0 Å². The predicted octanol–water partition coefficient (Wildman–Crippen LogP) is 3.24. The number of carbonyl (C=O) groups is 3. The van der Waals surface area contributed by atoms with E-state index in [0.29, 0.717) is 45.2 Å². The summed E-state index contributed by atoms with van der Waals surface area (Å²) in [6.07, 6.45) is 8.87. The molecular weight excluding hydrogens is 460 g/mol. The van der Waals surface area contributed by atoms with Gasteiger partial charge >= 0.3 is 5.97 Å². The van der Waals surface area contributed by atoms with Crippen LogP contribution in [0.25, 0.3) is 0 Å². The summed E-state index contributed by atoms with van der Waals surface area (Å²) in [5, 5.41) is 9.32. The number of unbranched alkanes of at least 4 members (excludes halogenated alkanes) is 2. The van der Waals surface area contributed by atoms with Gasteiger partial charge in [-0.2, -0.15) is 0 Å². The fourth-order valence-electron chi connectivity index (χ4n) is 6.54. The summed E-state index contributed by atoms with van der Waals surface area (Å²) in [7, 11) is 0. The van der Waals surface area contributed by atoms with Crippen LogP contribution in [0.2, 0.25) is 0 Å². The molecule has 6 atom stereocenters. The van der Waals surface area contributed by atoms with Gasteiger partial charge < -0.3 is 24.4 Å². The van der Waals surface area contributed by atoms with Gasteiger partial charge in [-0.1, -0.05) is 25.5 Å². The molecule has 0 radical (unpaired) electrons. The Kier molecular flexibility index (Phi) is 9.39. The molecule has 3 rings (SSSR count). The summed E-state index contributed by atoms with van der Waals surface area (Å²) in [4.78, 5) is 44.9. The van der Waals surface area contributed by atoms with Crippen molar-refractivity contribution in [3.8, 4) is 0 Å². The fourth-order valence-corrected chi connectivity index (χ4v) is 6.54. The molecule has 0 aromatic rings. The first-order valence-corrected chi connectivity index (χ1v) is 13.5. The summed E-state index contributed by atoms with van der Waals surface area (Å²) in [5.41, 5.74) is -1.90. The standard InChI is InChI=1S/C28H44N2O6/c1-6-9-12-19-35-26(34)22-21-24(32)30(17-10-11-18-31)23(28(21)15-14-27(22,5)36-28)25(33)29(16-8-3)20(4)13-7-2/h6,8,20-23,31H,1,3,7,9-19H2,2,4-5H3/t20?,21-,22-,23?,27+,28?/m0/s1. The van der Waals surface area contributed by atoms with E-state index >= 15 is 0 Å². The van der Waals surface area contributed by atoms with Gasteiger partial charge in [0, 0.05) is 25.7 Å². The molecule has 0 aromatic carbocycles. The molecule has 36 heavy (non-hydrogen) atoms. The van der Waals surface area contributed by atoms with Crippen LogP contribution < -0.4 is 0 Å². The van der Waals surface area contributed by atoms with Gasteiger partial charge in [-0.05, 0) is 58.8 Å². The topological polar surface area (TPSA) is 96.4 Å². The van der Waals surface area contributed by atoms with Gasteiger partial charge in [0.05, 0.1) is 18.1 Å². The minimum Gasteiger partial charge on any atom is -0.465 e. The number of carbonyl (C=O) groups excluding carboxylic acids is 3. The smallest absolute Gasteiger partial charge is 0.312 e. The van der Waals surface area contributed by atoms with Gasteiger partial charge in [0.15, 0.2) is 0 Å². The van der Waals surface area contributed by atoms with Crippen molar-refractivity contribution in [1.29, 1.82) is 0 Å². The SMILES string of the molecule is C=CCCCOC(=O)[C@@H]1[C@H]2C(=O)N(CCCCO)C(C(=O)N(CC=C)C(C)CCC)C23CC[C@@]1(C)O3. The monoisotopic (exact) mass is 504 g/mol. The zero-order valence-corrected chi connectivity index (χ0v) is 22.2. The summed E-state index contributed by atoms with van der Waals surface area (Å²) in [5.74, 6) is -2.29. The average Bonchev–Trinajstić information content (AvgIpc) is 3.41. The highest BCUT2D eigenvalue weighted by molar-refractivity contribution is 5.98. The molecule has 202 valence electrons. The lowest BCUT2D eigenvalue weighted by molar-refractivity contribution is -0.160. The van der Waals surface area contributed by atoms with Gasteiger partial charge in [0.2, 0.25) is 11.8 Å². The lowest BCUT2D eigenvalue weighted by atomic mass is 9.66. The number of esters is 1.